The predicted molar refractivity (Wildman–Crippen MR) is 92.3 cm³/mol. The SMILES string of the molecule is CC(C)(C)OC(=O)N1CC[C@H](CCCSc2ccccc2)C1. The van der Waals surface area contributed by atoms with E-state index in [2.05, 4.69) is 24.3 Å². The summed E-state index contributed by atoms with van der Waals surface area (Å²) >= 11 is 1.91. The summed E-state index contributed by atoms with van der Waals surface area (Å²) in [7, 11) is 0. The Kier molecular flexibility index (Phi) is 6.18. The topological polar surface area (TPSA) is 29.5 Å². The van der Waals surface area contributed by atoms with Crippen molar-refractivity contribution in [3.8, 4) is 0 Å². The van der Waals surface area contributed by atoms with Gasteiger partial charge in [0, 0.05) is 18.0 Å². The number of ether oxygens (including phenoxy) is 1. The van der Waals surface area contributed by atoms with Crippen molar-refractivity contribution < 1.29 is 9.53 Å². The van der Waals surface area contributed by atoms with Gasteiger partial charge in [-0.2, -0.15) is 0 Å². The van der Waals surface area contributed by atoms with Crippen LogP contribution in [-0.4, -0.2) is 35.4 Å². The van der Waals surface area contributed by atoms with Crippen molar-refractivity contribution in [2.45, 2.75) is 50.5 Å². The minimum Gasteiger partial charge on any atom is -0.444 e. The molecule has 1 aromatic carbocycles. The highest BCUT2D eigenvalue weighted by Gasteiger charge is 2.29. The Labute approximate surface area is 138 Å². The number of carbonyl (C=O) groups is 1. The van der Waals surface area contributed by atoms with E-state index in [1.54, 1.807) is 0 Å². The molecule has 0 aromatic heterocycles. The average Bonchev–Trinajstić information content (AvgIpc) is 2.92. The van der Waals surface area contributed by atoms with Gasteiger partial charge in [-0.25, -0.2) is 4.79 Å². The van der Waals surface area contributed by atoms with Gasteiger partial charge in [-0.3, -0.25) is 0 Å². The highest BCUT2D eigenvalue weighted by Crippen LogP contribution is 2.25. The van der Waals surface area contributed by atoms with E-state index in [0.717, 1.165) is 25.3 Å². The number of hydrogen-bond donors (Lipinski definition) is 0. The minimum absolute atomic E-state index is 0.159. The van der Waals surface area contributed by atoms with Crippen LogP contribution in [0.3, 0.4) is 0 Å². The Bertz CT molecular complexity index is 470. The zero-order chi connectivity index (χ0) is 16.0. The van der Waals surface area contributed by atoms with Gasteiger partial charge in [0.2, 0.25) is 0 Å². The summed E-state index contributed by atoms with van der Waals surface area (Å²) in [5.41, 5.74) is -0.401. The van der Waals surface area contributed by atoms with Crippen LogP contribution in [-0.2, 0) is 4.74 Å². The Balaban J connectivity index is 1.63. The number of nitrogens with zero attached hydrogens (tertiary/aromatic N) is 1. The Morgan fingerprint density at radius 3 is 2.73 bits per heavy atom. The number of thioether (sulfide) groups is 1. The molecule has 1 atom stereocenters. The molecule has 0 saturated carbocycles. The molecule has 0 radical (unpaired) electrons. The fourth-order valence-corrected chi connectivity index (χ4v) is 3.54. The van der Waals surface area contributed by atoms with E-state index >= 15 is 0 Å². The number of carbonyl (C=O) groups excluding carboxylic acids is 1. The van der Waals surface area contributed by atoms with Crippen LogP contribution < -0.4 is 0 Å². The van der Waals surface area contributed by atoms with E-state index in [1.807, 2.05) is 43.5 Å². The average molecular weight is 321 g/mol. The zero-order valence-electron chi connectivity index (χ0n) is 13.9. The van der Waals surface area contributed by atoms with Crippen LogP contribution in [0.25, 0.3) is 0 Å². The second-order valence-corrected chi connectivity index (χ2v) is 8.05. The summed E-state index contributed by atoms with van der Waals surface area (Å²) in [5.74, 6) is 1.77. The lowest BCUT2D eigenvalue weighted by Crippen LogP contribution is -2.35. The first-order chi connectivity index (χ1) is 10.4. The van der Waals surface area contributed by atoms with Gasteiger partial charge in [0.1, 0.15) is 5.60 Å². The third kappa shape index (κ3) is 5.91. The Morgan fingerprint density at radius 1 is 1.32 bits per heavy atom. The van der Waals surface area contributed by atoms with Crippen molar-refractivity contribution in [1.29, 1.82) is 0 Å². The highest BCUT2D eigenvalue weighted by atomic mass is 32.2. The summed E-state index contributed by atoms with van der Waals surface area (Å²) in [6.45, 7) is 7.44. The molecule has 1 aliphatic rings. The first kappa shape index (κ1) is 17.2. The normalized spacial score (nSPS) is 18.5. The van der Waals surface area contributed by atoms with Gasteiger partial charge in [0.05, 0.1) is 0 Å². The van der Waals surface area contributed by atoms with Gasteiger partial charge >= 0.3 is 6.09 Å². The van der Waals surface area contributed by atoms with Crippen LogP contribution in [0.5, 0.6) is 0 Å². The standard InChI is InChI=1S/C18H27NO2S/c1-18(2,3)21-17(20)19-12-11-15(14-19)8-7-13-22-16-9-5-4-6-10-16/h4-6,9-10,15H,7-8,11-14H2,1-3H3/t15-/m0/s1. The summed E-state index contributed by atoms with van der Waals surface area (Å²) in [5, 5.41) is 0. The molecule has 0 bridgehead atoms. The molecule has 1 aromatic rings. The molecule has 0 N–H and O–H groups in total. The van der Waals surface area contributed by atoms with Gasteiger partial charge in [-0.15, -0.1) is 11.8 Å². The summed E-state index contributed by atoms with van der Waals surface area (Å²) in [6.07, 6.45) is 3.34. The molecule has 3 nitrogen and oxygen atoms in total. The quantitative estimate of drug-likeness (QED) is 0.575. The number of rotatable bonds is 5. The molecule has 122 valence electrons. The molecule has 0 spiro atoms. The van der Waals surface area contributed by atoms with Gasteiger partial charge in [0.25, 0.3) is 0 Å². The van der Waals surface area contributed by atoms with Crippen LogP contribution in [0.15, 0.2) is 35.2 Å². The van der Waals surface area contributed by atoms with Crippen LogP contribution in [0, 0.1) is 5.92 Å². The van der Waals surface area contributed by atoms with E-state index in [0.29, 0.717) is 5.92 Å². The first-order valence-electron chi connectivity index (χ1n) is 8.10. The molecule has 0 unspecified atom stereocenters. The fourth-order valence-electron chi connectivity index (χ4n) is 2.64. The van der Waals surface area contributed by atoms with Gasteiger partial charge in [-0.05, 0) is 63.8 Å². The second-order valence-electron chi connectivity index (χ2n) is 6.88. The molecule has 4 heteroatoms. The van der Waals surface area contributed by atoms with Gasteiger partial charge < -0.3 is 9.64 Å². The van der Waals surface area contributed by atoms with Crippen molar-refractivity contribution in [2.75, 3.05) is 18.8 Å². The smallest absolute Gasteiger partial charge is 0.410 e. The zero-order valence-corrected chi connectivity index (χ0v) is 14.7. The lowest BCUT2D eigenvalue weighted by molar-refractivity contribution is 0.0287. The molecule has 1 heterocycles. The third-order valence-electron chi connectivity index (χ3n) is 3.71. The Morgan fingerprint density at radius 2 is 2.05 bits per heavy atom. The maximum atomic E-state index is 12.0. The monoisotopic (exact) mass is 321 g/mol. The molecule has 22 heavy (non-hydrogen) atoms. The maximum Gasteiger partial charge on any atom is 0.410 e. The second kappa shape index (κ2) is 7.91. The molecule has 1 amide bonds. The molecular weight excluding hydrogens is 294 g/mol. The van der Waals surface area contributed by atoms with Crippen LogP contribution in [0.1, 0.15) is 40.0 Å². The van der Waals surface area contributed by atoms with E-state index in [4.69, 9.17) is 4.74 Å². The van der Waals surface area contributed by atoms with Crippen molar-refractivity contribution in [3.63, 3.8) is 0 Å². The summed E-state index contributed by atoms with van der Waals surface area (Å²) in [4.78, 5) is 15.2. The van der Waals surface area contributed by atoms with Crippen LogP contribution >= 0.6 is 11.8 Å². The number of hydrogen-bond acceptors (Lipinski definition) is 3. The van der Waals surface area contributed by atoms with Crippen molar-refractivity contribution in [2.24, 2.45) is 5.92 Å². The first-order valence-corrected chi connectivity index (χ1v) is 9.08. The lowest BCUT2D eigenvalue weighted by atomic mass is 10.0. The number of amides is 1. The fraction of sp³-hybridized carbons (Fsp3) is 0.611. The molecule has 1 saturated heterocycles. The van der Waals surface area contributed by atoms with E-state index in [9.17, 15) is 4.79 Å². The number of likely N-dealkylation sites (tertiary alicyclic amines) is 1. The largest absolute Gasteiger partial charge is 0.444 e. The van der Waals surface area contributed by atoms with Crippen LogP contribution in [0.4, 0.5) is 4.79 Å². The maximum absolute atomic E-state index is 12.0. The molecule has 2 rings (SSSR count). The lowest BCUT2D eigenvalue weighted by Gasteiger charge is -2.24. The predicted octanol–water partition coefficient (Wildman–Crippen LogP) is 4.82. The van der Waals surface area contributed by atoms with E-state index < -0.39 is 5.60 Å². The van der Waals surface area contributed by atoms with Crippen molar-refractivity contribution in [1.82, 2.24) is 4.90 Å². The van der Waals surface area contributed by atoms with Gasteiger partial charge in [-0.1, -0.05) is 18.2 Å². The van der Waals surface area contributed by atoms with E-state index in [-0.39, 0.29) is 6.09 Å². The summed E-state index contributed by atoms with van der Waals surface area (Å²) in [6, 6.07) is 10.5. The van der Waals surface area contributed by atoms with Crippen molar-refractivity contribution in [3.05, 3.63) is 30.3 Å². The third-order valence-corrected chi connectivity index (χ3v) is 4.80. The van der Waals surface area contributed by atoms with E-state index in [1.165, 1.54) is 17.7 Å². The minimum atomic E-state index is -0.401. The summed E-state index contributed by atoms with van der Waals surface area (Å²) < 4.78 is 5.44. The van der Waals surface area contributed by atoms with Crippen LogP contribution in [0.2, 0.25) is 0 Å². The molecular formula is C18H27NO2S. The van der Waals surface area contributed by atoms with Crippen molar-refractivity contribution >= 4 is 17.9 Å². The number of benzene rings is 1. The molecule has 1 fully saturated rings. The van der Waals surface area contributed by atoms with Gasteiger partial charge in [0.15, 0.2) is 0 Å². The highest BCUT2D eigenvalue weighted by molar-refractivity contribution is 7.99. The molecule has 1 aliphatic heterocycles. The Hall–Kier alpha value is -1.16. The molecule has 0 aliphatic carbocycles.